The fourth-order valence-electron chi connectivity index (χ4n) is 7.37. The van der Waals surface area contributed by atoms with Gasteiger partial charge in [0.15, 0.2) is 0 Å². The van der Waals surface area contributed by atoms with E-state index in [0.717, 1.165) is 32.1 Å². The Morgan fingerprint density at radius 3 is 2.59 bits per heavy atom. The van der Waals surface area contributed by atoms with Gasteiger partial charge in [-0.25, -0.2) is 4.79 Å². The van der Waals surface area contributed by atoms with E-state index in [4.69, 9.17) is 9.47 Å². The molecule has 0 aromatic carbocycles. The molecular weight excluding hydrogens is 364 g/mol. The smallest absolute Gasteiger partial charge is 0.330 e. The average Bonchev–Trinajstić information content (AvgIpc) is 2.98. The van der Waals surface area contributed by atoms with E-state index >= 15 is 0 Å². The number of fused-ring (bicyclic) bond motifs is 5. The molecule has 6 unspecified atom stereocenters. The molecule has 0 spiro atoms. The Morgan fingerprint density at radius 1 is 1.14 bits per heavy atom. The molecule has 4 aliphatic carbocycles. The largest absolute Gasteiger partial charge is 0.463 e. The highest BCUT2D eigenvalue weighted by Crippen LogP contribution is 2.66. The normalized spacial score (nSPS) is 42.3. The van der Waals surface area contributed by atoms with Crippen LogP contribution >= 0.6 is 0 Å². The molecule has 0 bridgehead atoms. The Kier molecular flexibility index (Phi) is 5.41. The third-order valence-electron chi connectivity index (χ3n) is 8.82. The number of hydrogen-bond donors (Lipinski definition) is 0. The first-order valence-corrected chi connectivity index (χ1v) is 11.5. The summed E-state index contributed by atoms with van der Waals surface area (Å²) in [5, 5.41) is 0. The van der Waals surface area contributed by atoms with Crippen molar-refractivity contribution in [2.75, 3.05) is 6.61 Å². The maximum absolute atomic E-state index is 12.1. The van der Waals surface area contributed by atoms with Gasteiger partial charge in [-0.3, -0.25) is 4.79 Å². The highest BCUT2D eigenvalue weighted by Gasteiger charge is 2.57. The SMILES string of the molecule is CCOC(=O)/C=C1\CCC2C3CC=C4CC(OC(C)=O)CCC4(C)C3CCC12C. The lowest BCUT2D eigenvalue weighted by Gasteiger charge is -2.57. The Morgan fingerprint density at radius 2 is 1.86 bits per heavy atom. The summed E-state index contributed by atoms with van der Waals surface area (Å²) in [5.74, 6) is 1.73. The molecular formula is C25H36O4. The van der Waals surface area contributed by atoms with Gasteiger partial charge in [0.2, 0.25) is 0 Å². The van der Waals surface area contributed by atoms with Crippen molar-refractivity contribution in [1.82, 2.24) is 0 Å². The van der Waals surface area contributed by atoms with Crippen molar-refractivity contribution in [2.45, 2.75) is 85.2 Å². The van der Waals surface area contributed by atoms with Crippen molar-refractivity contribution in [3.63, 3.8) is 0 Å². The molecule has 29 heavy (non-hydrogen) atoms. The molecule has 0 saturated heterocycles. The highest BCUT2D eigenvalue weighted by molar-refractivity contribution is 5.83. The van der Waals surface area contributed by atoms with Crippen LogP contribution in [0.25, 0.3) is 0 Å². The maximum Gasteiger partial charge on any atom is 0.330 e. The molecule has 4 rings (SSSR count). The molecule has 4 aliphatic rings. The van der Waals surface area contributed by atoms with Crippen molar-refractivity contribution in [1.29, 1.82) is 0 Å². The van der Waals surface area contributed by atoms with Gasteiger partial charge in [-0.2, -0.15) is 0 Å². The molecule has 3 fully saturated rings. The second-order valence-corrected chi connectivity index (χ2v) is 10.2. The zero-order valence-corrected chi connectivity index (χ0v) is 18.5. The molecule has 0 aromatic heterocycles. The van der Waals surface area contributed by atoms with Gasteiger partial charge in [-0.15, -0.1) is 0 Å². The van der Waals surface area contributed by atoms with Gasteiger partial charge in [0.1, 0.15) is 6.10 Å². The summed E-state index contributed by atoms with van der Waals surface area (Å²) in [5.41, 5.74) is 3.23. The number of allylic oxidation sites excluding steroid dienone is 2. The number of hydrogen-bond acceptors (Lipinski definition) is 4. The van der Waals surface area contributed by atoms with Crippen LogP contribution in [-0.4, -0.2) is 24.6 Å². The van der Waals surface area contributed by atoms with Crippen molar-refractivity contribution >= 4 is 11.9 Å². The first kappa shape index (κ1) is 20.7. The lowest BCUT2D eigenvalue weighted by Crippen LogP contribution is -2.49. The van der Waals surface area contributed by atoms with Gasteiger partial charge in [0.05, 0.1) is 6.61 Å². The van der Waals surface area contributed by atoms with Crippen LogP contribution in [0.5, 0.6) is 0 Å². The van der Waals surface area contributed by atoms with E-state index in [-0.39, 0.29) is 28.9 Å². The van der Waals surface area contributed by atoms with E-state index < -0.39 is 0 Å². The first-order chi connectivity index (χ1) is 13.8. The Balaban J connectivity index is 1.56. The first-order valence-electron chi connectivity index (χ1n) is 11.5. The standard InChI is InChI=1S/C25H36O4/c1-5-28-23(27)15-18-7-9-21-20-8-6-17-14-19(29-16(2)26)10-12-24(17,3)22(20)11-13-25(18,21)4/h6,15,19-22H,5,7-14H2,1-4H3/b18-15+. The highest BCUT2D eigenvalue weighted by atomic mass is 16.5. The number of carbonyl (C=O) groups excluding carboxylic acids is 2. The predicted octanol–water partition coefficient (Wildman–Crippen LogP) is 5.37. The topological polar surface area (TPSA) is 52.6 Å². The molecule has 4 nitrogen and oxygen atoms in total. The van der Waals surface area contributed by atoms with Gasteiger partial charge in [0.25, 0.3) is 0 Å². The van der Waals surface area contributed by atoms with E-state index in [1.807, 2.05) is 6.92 Å². The van der Waals surface area contributed by atoms with Crippen LogP contribution in [0.2, 0.25) is 0 Å². The van der Waals surface area contributed by atoms with E-state index in [2.05, 4.69) is 19.9 Å². The summed E-state index contributed by atoms with van der Waals surface area (Å²) in [6.45, 7) is 8.68. The molecule has 3 saturated carbocycles. The maximum atomic E-state index is 12.1. The van der Waals surface area contributed by atoms with Crippen LogP contribution in [0, 0.1) is 28.6 Å². The van der Waals surface area contributed by atoms with E-state index in [0.29, 0.717) is 24.4 Å². The molecule has 0 heterocycles. The van der Waals surface area contributed by atoms with Crippen molar-refractivity contribution < 1.29 is 19.1 Å². The van der Waals surface area contributed by atoms with E-state index in [1.54, 1.807) is 6.08 Å². The average molecular weight is 401 g/mol. The second-order valence-electron chi connectivity index (χ2n) is 10.2. The Hall–Kier alpha value is -1.58. The van der Waals surface area contributed by atoms with Crippen LogP contribution in [0.1, 0.15) is 79.1 Å². The lowest BCUT2D eigenvalue weighted by atomic mass is 9.48. The minimum atomic E-state index is -0.173. The van der Waals surface area contributed by atoms with Crippen LogP contribution in [0.15, 0.2) is 23.3 Å². The van der Waals surface area contributed by atoms with E-state index in [9.17, 15) is 9.59 Å². The summed E-state index contributed by atoms with van der Waals surface area (Å²) < 4.78 is 10.7. The van der Waals surface area contributed by atoms with Gasteiger partial charge >= 0.3 is 11.9 Å². The van der Waals surface area contributed by atoms with Crippen LogP contribution < -0.4 is 0 Å². The zero-order chi connectivity index (χ0) is 20.8. The van der Waals surface area contributed by atoms with Gasteiger partial charge < -0.3 is 9.47 Å². The van der Waals surface area contributed by atoms with Gasteiger partial charge in [-0.05, 0) is 80.5 Å². The molecule has 4 heteroatoms. The van der Waals surface area contributed by atoms with Crippen LogP contribution in [0.4, 0.5) is 0 Å². The van der Waals surface area contributed by atoms with Crippen molar-refractivity contribution in [3.8, 4) is 0 Å². The monoisotopic (exact) mass is 400 g/mol. The Bertz CT molecular complexity index is 750. The van der Waals surface area contributed by atoms with Crippen molar-refractivity contribution in [3.05, 3.63) is 23.3 Å². The number of carbonyl (C=O) groups is 2. The minimum Gasteiger partial charge on any atom is -0.463 e. The molecule has 0 aliphatic heterocycles. The number of esters is 2. The molecule has 0 N–H and O–H groups in total. The summed E-state index contributed by atoms with van der Waals surface area (Å²) in [7, 11) is 0. The van der Waals surface area contributed by atoms with Crippen molar-refractivity contribution in [2.24, 2.45) is 28.6 Å². The number of rotatable bonds is 3. The molecule has 6 atom stereocenters. The second kappa shape index (κ2) is 7.59. The predicted molar refractivity (Wildman–Crippen MR) is 112 cm³/mol. The molecule has 160 valence electrons. The fraction of sp³-hybridized carbons (Fsp3) is 0.760. The summed E-state index contributed by atoms with van der Waals surface area (Å²) in [4.78, 5) is 23.5. The van der Waals surface area contributed by atoms with Crippen LogP contribution in [0.3, 0.4) is 0 Å². The summed E-state index contributed by atoms with van der Waals surface area (Å²) in [6.07, 6.45) is 13.1. The number of ether oxygens (including phenoxy) is 2. The third kappa shape index (κ3) is 3.47. The van der Waals surface area contributed by atoms with Crippen LogP contribution in [-0.2, 0) is 19.1 Å². The Labute approximate surface area is 175 Å². The van der Waals surface area contributed by atoms with Gasteiger partial charge in [-0.1, -0.05) is 31.1 Å². The summed E-state index contributed by atoms with van der Waals surface area (Å²) in [6, 6.07) is 0. The quantitative estimate of drug-likeness (QED) is 0.363. The lowest BCUT2D eigenvalue weighted by molar-refractivity contribution is -0.148. The van der Waals surface area contributed by atoms with E-state index in [1.165, 1.54) is 37.3 Å². The molecule has 0 aromatic rings. The summed E-state index contributed by atoms with van der Waals surface area (Å²) >= 11 is 0. The molecule has 0 amide bonds. The zero-order valence-electron chi connectivity index (χ0n) is 18.5. The fourth-order valence-corrected chi connectivity index (χ4v) is 7.37. The van der Waals surface area contributed by atoms with Gasteiger partial charge in [0, 0.05) is 19.4 Å². The molecule has 0 radical (unpaired) electrons. The minimum absolute atomic E-state index is 0.0582. The third-order valence-corrected chi connectivity index (χ3v) is 8.82.